The number of aromatic nitrogens is 3. The Morgan fingerprint density at radius 1 is 1.12 bits per heavy atom. The fraction of sp³-hybridized carbons (Fsp3) is 0. The summed E-state index contributed by atoms with van der Waals surface area (Å²) in [5.41, 5.74) is 1.47. The van der Waals surface area contributed by atoms with Gasteiger partial charge in [0.2, 0.25) is 5.95 Å². The van der Waals surface area contributed by atoms with E-state index in [1.807, 2.05) is 23.6 Å². The maximum atomic E-state index is 13.6. The van der Waals surface area contributed by atoms with E-state index in [0.29, 0.717) is 17.2 Å². The number of para-hydroxylation sites is 1. The van der Waals surface area contributed by atoms with Gasteiger partial charge in [-0.05, 0) is 41.9 Å². The van der Waals surface area contributed by atoms with Gasteiger partial charge < -0.3 is 5.32 Å². The number of nitrogens with zero attached hydrogens (tertiary/aromatic N) is 3. The van der Waals surface area contributed by atoms with Crippen molar-refractivity contribution in [3.05, 3.63) is 76.3 Å². The van der Waals surface area contributed by atoms with E-state index in [4.69, 9.17) is 0 Å². The van der Waals surface area contributed by atoms with Gasteiger partial charge in [0.05, 0.1) is 28.5 Å². The Bertz CT molecular complexity index is 1060. The molecule has 5 nitrogen and oxygen atoms in total. The number of hydrogen-bond acceptors (Lipinski definition) is 5. The molecule has 24 heavy (non-hydrogen) atoms. The third-order valence-electron chi connectivity index (χ3n) is 3.53. The van der Waals surface area contributed by atoms with E-state index in [-0.39, 0.29) is 10.9 Å². The fourth-order valence-corrected chi connectivity index (χ4v) is 2.92. The maximum absolute atomic E-state index is 13.6. The van der Waals surface area contributed by atoms with Gasteiger partial charge in [0.15, 0.2) is 0 Å². The lowest BCUT2D eigenvalue weighted by molar-refractivity contribution is 0.629. The van der Waals surface area contributed by atoms with Crippen LogP contribution in [0.25, 0.3) is 16.6 Å². The Balaban J connectivity index is 2.01. The molecule has 2 aromatic carbocycles. The lowest BCUT2D eigenvalue weighted by atomic mass is 10.2. The van der Waals surface area contributed by atoms with Gasteiger partial charge in [0.25, 0.3) is 5.56 Å². The number of fused-ring (bicyclic) bond motifs is 1. The first-order valence-electron chi connectivity index (χ1n) is 7.16. The summed E-state index contributed by atoms with van der Waals surface area (Å²) in [6.45, 7) is 0. The first-order chi connectivity index (χ1) is 11.7. The van der Waals surface area contributed by atoms with Crippen LogP contribution >= 0.6 is 11.5 Å². The normalized spacial score (nSPS) is 10.9. The van der Waals surface area contributed by atoms with Gasteiger partial charge in [-0.15, -0.1) is 0 Å². The van der Waals surface area contributed by atoms with Crippen molar-refractivity contribution < 1.29 is 4.39 Å². The summed E-state index contributed by atoms with van der Waals surface area (Å²) in [4.78, 5) is 17.4. The molecule has 4 rings (SSSR count). The summed E-state index contributed by atoms with van der Waals surface area (Å²) in [5.74, 6) is -0.116. The Morgan fingerprint density at radius 2 is 1.96 bits per heavy atom. The molecule has 0 aliphatic rings. The highest BCUT2D eigenvalue weighted by atomic mass is 32.1. The van der Waals surface area contributed by atoms with Crippen LogP contribution in [0, 0.1) is 5.82 Å². The fourth-order valence-electron chi connectivity index (χ4n) is 2.45. The van der Waals surface area contributed by atoms with E-state index in [1.165, 1.54) is 34.3 Å². The van der Waals surface area contributed by atoms with E-state index >= 15 is 0 Å². The number of hydrogen-bond donors (Lipinski definition) is 1. The SMILES string of the molecule is O=c1c2cc(F)ccc2nc(Nc2cnsc2)n1-c1ccccc1. The van der Waals surface area contributed by atoms with Crippen molar-refractivity contribution in [3.63, 3.8) is 0 Å². The minimum atomic E-state index is -0.469. The quantitative estimate of drug-likeness (QED) is 0.618. The number of benzene rings is 2. The minimum absolute atomic E-state index is 0.229. The lowest BCUT2D eigenvalue weighted by Crippen LogP contribution is -2.22. The Kier molecular flexibility index (Phi) is 3.55. The predicted molar refractivity (Wildman–Crippen MR) is 92.7 cm³/mol. The van der Waals surface area contributed by atoms with Crippen molar-refractivity contribution in [3.8, 4) is 5.69 Å². The van der Waals surface area contributed by atoms with E-state index in [9.17, 15) is 9.18 Å². The largest absolute Gasteiger partial charge is 0.323 e. The average molecular weight is 338 g/mol. The number of anilines is 2. The van der Waals surface area contributed by atoms with Crippen LogP contribution in [0.1, 0.15) is 0 Å². The molecule has 0 aliphatic heterocycles. The van der Waals surface area contributed by atoms with Crippen LogP contribution in [0.15, 0.2) is 64.9 Å². The molecule has 0 amide bonds. The molecule has 2 heterocycles. The standard InChI is InChI=1S/C17H11FN4OS/c18-11-6-7-15-14(8-11)16(23)22(13-4-2-1-3-5-13)17(21-15)20-12-9-19-24-10-12/h1-10H,(H,20,21). The number of halogens is 1. The highest BCUT2D eigenvalue weighted by Gasteiger charge is 2.14. The number of nitrogens with one attached hydrogen (secondary N) is 1. The first kappa shape index (κ1) is 14.5. The zero-order chi connectivity index (χ0) is 16.5. The van der Waals surface area contributed by atoms with Crippen molar-refractivity contribution in [2.75, 3.05) is 5.32 Å². The smallest absolute Gasteiger partial charge is 0.267 e. The average Bonchev–Trinajstić information content (AvgIpc) is 3.10. The summed E-state index contributed by atoms with van der Waals surface area (Å²) in [6.07, 6.45) is 1.65. The third-order valence-corrected chi connectivity index (χ3v) is 4.12. The second-order valence-electron chi connectivity index (χ2n) is 5.11. The third kappa shape index (κ3) is 2.55. The molecule has 4 aromatic rings. The molecular formula is C17H11FN4OS. The topological polar surface area (TPSA) is 59.8 Å². The summed E-state index contributed by atoms with van der Waals surface area (Å²) in [6, 6.07) is 13.1. The molecule has 7 heteroatoms. The van der Waals surface area contributed by atoms with E-state index in [1.54, 1.807) is 18.3 Å². The van der Waals surface area contributed by atoms with Gasteiger partial charge in [-0.3, -0.25) is 4.79 Å². The molecule has 2 aromatic heterocycles. The molecule has 0 saturated heterocycles. The molecule has 0 radical (unpaired) electrons. The van der Waals surface area contributed by atoms with Crippen molar-refractivity contribution in [1.29, 1.82) is 0 Å². The van der Waals surface area contributed by atoms with Crippen molar-refractivity contribution in [2.24, 2.45) is 0 Å². The second-order valence-corrected chi connectivity index (χ2v) is 5.77. The molecule has 0 unspecified atom stereocenters. The van der Waals surface area contributed by atoms with Crippen LogP contribution in [0.5, 0.6) is 0 Å². The molecule has 1 N–H and O–H groups in total. The molecule has 0 spiro atoms. The van der Waals surface area contributed by atoms with Crippen molar-refractivity contribution in [2.45, 2.75) is 0 Å². The molecule has 118 valence electrons. The monoisotopic (exact) mass is 338 g/mol. The molecule has 0 atom stereocenters. The van der Waals surface area contributed by atoms with Crippen LogP contribution in [0.3, 0.4) is 0 Å². The summed E-state index contributed by atoms with van der Waals surface area (Å²) >= 11 is 1.29. The summed E-state index contributed by atoms with van der Waals surface area (Å²) in [7, 11) is 0. The highest BCUT2D eigenvalue weighted by molar-refractivity contribution is 7.04. The zero-order valence-electron chi connectivity index (χ0n) is 12.3. The Hall–Kier alpha value is -3.06. The Labute approximate surface area is 140 Å². The van der Waals surface area contributed by atoms with Gasteiger partial charge in [0.1, 0.15) is 5.82 Å². The van der Waals surface area contributed by atoms with Gasteiger partial charge >= 0.3 is 0 Å². The van der Waals surface area contributed by atoms with Gasteiger partial charge in [0, 0.05) is 5.38 Å². The molecule has 0 bridgehead atoms. The number of rotatable bonds is 3. The van der Waals surface area contributed by atoms with E-state index in [0.717, 1.165) is 5.69 Å². The molecule has 0 fully saturated rings. The van der Waals surface area contributed by atoms with Crippen molar-refractivity contribution in [1.82, 2.24) is 13.9 Å². The highest BCUT2D eigenvalue weighted by Crippen LogP contribution is 2.21. The van der Waals surface area contributed by atoms with E-state index in [2.05, 4.69) is 14.7 Å². The van der Waals surface area contributed by atoms with Crippen LogP contribution in [-0.4, -0.2) is 13.9 Å². The minimum Gasteiger partial charge on any atom is -0.323 e. The lowest BCUT2D eigenvalue weighted by Gasteiger charge is -2.14. The van der Waals surface area contributed by atoms with E-state index < -0.39 is 5.82 Å². The second kappa shape index (κ2) is 5.86. The first-order valence-corrected chi connectivity index (χ1v) is 8.00. The summed E-state index contributed by atoms with van der Waals surface area (Å²) < 4.78 is 19.0. The van der Waals surface area contributed by atoms with Gasteiger partial charge in [-0.1, -0.05) is 18.2 Å². The summed E-state index contributed by atoms with van der Waals surface area (Å²) in [5, 5.41) is 5.15. The van der Waals surface area contributed by atoms with Crippen molar-refractivity contribution >= 4 is 34.1 Å². The van der Waals surface area contributed by atoms with Crippen LogP contribution in [-0.2, 0) is 0 Å². The zero-order valence-corrected chi connectivity index (χ0v) is 13.1. The molecule has 0 aliphatic carbocycles. The van der Waals surface area contributed by atoms with Gasteiger partial charge in [-0.25, -0.2) is 13.9 Å². The van der Waals surface area contributed by atoms with Crippen LogP contribution < -0.4 is 10.9 Å². The Morgan fingerprint density at radius 3 is 2.71 bits per heavy atom. The molecule has 0 saturated carbocycles. The maximum Gasteiger partial charge on any atom is 0.267 e. The molecular weight excluding hydrogens is 327 g/mol. The van der Waals surface area contributed by atoms with Gasteiger partial charge in [-0.2, -0.15) is 4.37 Å². The van der Waals surface area contributed by atoms with Crippen LogP contribution in [0.4, 0.5) is 16.0 Å². The van der Waals surface area contributed by atoms with Crippen LogP contribution in [0.2, 0.25) is 0 Å². The predicted octanol–water partition coefficient (Wildman–Crippen LogP) is 3.72.